The van der Waals surface area contributed by atoms with E-state index in [-0.39, 0.29) is 5.56 Å². The predicted octanol–water partition coefficient (Wildman–Crippen LogP) is 3.40. The second-order valence-electron chi connectivity index (χ2n) is 7.90. The number of methoxy groups -OCH3 is 2. The van der Waals surface area contributed by atoms with Gasteiger partial charge >= 0.3 is 0 Å². The minimum atomic E-state index is -0.164. The van der Waals surface area contributed by atoms with Gasteiger partial charge in [0.05, 0.1) is 19.7 Å². The lowest BCUT2D eigenvalue weighted by molar-refractivity contribution is 0.237. The van der Waals surface area contributed by atoms with Crippen molar-refractivity contribution in [3.05, 3.63) is 46.2 Å². The Morgan fingerprint density at radius 1 is 1.03 bits per heavy atom. The topological polar surface area (TPSA) is 65.8 Å². The molecule has 2 heterocycles. The fraction of sp³-hybridized carbons (Fsp3) is 0.417. The van der Waals surface area contributed by atoms with Gasteiger partial charge in [-0.25, -0.2) is 4.98 Å². The molecular weight excluding hydrogens is 394 g/mol. The third kappa shape index (κ3) is 4.23. The largest absolute Gasteiger partial charge is 0.497 e. The van der Waals surface area contributed by atoms with Crippen molar-refractivity contribution in [2.24, 2.45) is 7.05 Å². The molecule has 1 fully saturated rings. The lowest BCUT2D eigenvalue weighted by Crippen LogP contribution is -2.25. The highest BCUT2D eigenvalue weighted by atomic mass is 16.5. The van der Waals surface area contributed by atoms with E-state index < -0.39 is 0 Å². The lowest BCUT2D eigenvalue weighted by atomic mass is 10.1. The van der Waals surface area contributed by atoms with Gasteiger partial charge in [0.25, 0.3) is 5.56 Å². The smallest absolute Gasteiger partial charge is 0.265 e. The van der Waals surface area contributed by atoms with Crippen LogP contribution in [0.5, 0.6) is 17.2 Å². The SMILES string of the molecule is COc1cc(OC)c2c(=O)n(C)c(-c3ccc(OCCN4CCCC4)c(C)c3)nc2c1. The molecule has 0 N–H and O–H groups in total. The highest BCUT2D eigenvalue weighted by Crippen LogP contribution is 2.30. The maximum Gasteiger partial charge on any atom is 0.265 e. The minimum Gasteiger partial charge on any atom is -0.497 e. The van der Waals surface area contributed by atoms with Crippen LogP contribution in [0.1, 0.15) is 18.4 Å². The lowest BCUT2D eigenvalue weighted by Gasteiger charge is -2.17. The second-order valence-corrected chi connectivity index (χ2v) is 7.90. The average Bonchev–Trinajstić information content (AvgIpc) is 3.30. The summed E-state index contributed by atoms with van der Waals surface area (Å²) in [6, 6.07) is 9.37. The Kier molecular flexibility index (Phi) is 6.13. The third-order valence-electron chi connectivity index (χ3n) is 5.87. The zero-order valence-electron chi connectivity index (χ0n) is 18.6. The molecule has 0 spiro atoms. The Hall–Kier alpha value is -3.06. The average molecular weight is 424 g/mol. The van der Waals surface area contributed by atoms with Gasteiger partial charge in [-0.1, -0.05) is 0 Å². The van der Waals surface area contributed by atoms with Crippen molar-refractivity contribution in [2.75, 3.05) is 40.5 Å². The number of hydrogen-bond donors (Lipinski definition) is 0. The van der Waals surface area contributed by atoms with Crippen LogP contribution in [0.2, 0.25) is 0 Å². The molecule has 31 heavy (non-hydrogen) atoms. The molecule has 0 aliphatic carbocycles. The maximum atomic E-state index is 13.1. The van der Waals surface area contributed by atoms with Gasteiger partial charge in [-0.15, -0.1) is 0 Å². The molecule has 3 aromatic rings. The second kappa shape index (κ2) is 8.98. The van der Waals surface area contributed by atoms with E-state index >= 15 is 0 Å². The first kappa shape index (κ1) is 21.2. The molecule has 0 unspecified atom stereocenters. The number of rotatable bonds is 7. The van der Waals surface area contributed by atoms with Crippen LogP contribution in [0.25, 0.3) is 22.3 Å². The van der Waals surface area contributed by atoms with Crippen molar-refractivity contribution < 1.29 is 14.2 Å². The molecule has 7 nitrogen and oxygen atoms in total. The van der Waals surface area contributed by atoms with E-state index in [1.807, 2.05) is 25.1 Å². The fourth-order valence-electron chi connectivity index (χ4n) is 4.11. The monoisotopic (exact) mass is 423 g/mol. The van der Waals surface area contributed by atoms with E-state index in [4.69, 9.17) is 19.2 Å². The van der Waals surface area contributed by atoms with E-state index in [9.17, 15) is 4.79 Å². The van der Waals surface area contributed by atoms with Gasteiger partial charge in [0.1, 0.15) is 35.1 Å². The molecule has 1 aliphatic heterocycles. The number of nitrogens with zero attached hydrogens (tertiary/aromatic N) is 3. The van der Waals surface area contributed by atoms with E-state index in [1.54, 1.807) is 30.9 Å². The molecule has 0 atom stereocenters. The molecule has 7 heteroatoms. The van der Waals surface area contributed by atoms with Crippen LogP contribution in [0.4, 0.5) is 0 Å². The zero-order chi connectivity index (χ0) is 22.0. The summed E-state index contributed by atoms with van der Waals surface area (Å²) in [7, 11) is 4.84. The standard InChI is InChI=1S/C24H29N3O4/c1-16-13-17(7-8-20(16)31-12-11-27-9-5-6-10-27)23-25-19-14-18(29-3)15-21(30-4)22(19)24(28)26(23)2/h7-8,13-15H,5-6,9-12H2,1-4H3. The molecule has 0 saturated carbocycles. The highest BCUT2D eigenvalue weighted by Gasteiger charge is 2.17. The quantitative estimate of drug-likeness (QED) is 0.580. The first-order valence-electron chi connectivity index (χ1n) is 10.6. The van der Waals surface area contributed by atoms with Crippen molar-refractivity contribution in [1.29, 1.82) is 0 Å². The summed E-state index contributed by atoms with van der Waals surface area (Å²) in [4.78, 5) is 20.3. The number of aromatic nitrogens is 2. The van der Waals surface area contributed by atoms with Gasteiger partial charge in [-0.3, -0.25) is 14.3 Å². The van der Waals surface area contributed by atoms with Crippen LogP contribution in [0.3, 0.4) is 0 Å². The molecule has 1 aliphatic rings. The number of likely N-dealkylation sites (tertiary alicyclic amines) is 1. The first-order valence-corrected chi connectivity index (χ1v) is 10.6. The molecule has 0 radical (unpaired) electrons. The fourth-order valence-corrected chi connectivity index (χ4v) is 4.11. The summed E-state index contributed by atoms with van der Waals surface area (Å²) in [5.74, 6) is 2.48. The normalized spacial score (nSPS) is 14.2. The summed E-state index contributed by atoms with van der Waals surface area (Å²) in [5.41, 5.74) is 2.24. The number of ether oxygens (including phenoxy) is 3. The summed E-state index contributed by atoms with van der Waals surface area (Å²) >= 11 is 0. The molecule has 1 aromatic heterocycles. The molecule has 2 aromatic carbocycles. The first-order chi connectivity index (χ1) is 15.0. The van der Waals surface area contributed by atoms with Gasteiger partial charge in [-0.05, 0) is 56.6 Å². The predicted molar refractivity (Wildman–Crippen MR) is 121 cm³/mol. The van der Waals surface area contributed by atoms with Crippen molar-refractivity contribution in [3.63, 3.8) is 0 Å². The molecule has 164 valence electrons. The van der Waals surface area contributed by atoms with Gasteiger partial charge in [0.2, 0.25) is 0 Å². The zero-order valence-corrected chi connectivity index (χ0v) is 18.6. The van der Waals surface area contributed by atoms with Crippen LogP contribution in [-0.2, 0) is 7.05 Å². The Morgan fingerprint density at radius 3 is 2.48 bits per heavy atom. The highest BCUT2D eigenvalue weighted by molar-refractivity contribution is 5.87. The van der Waals surface area contributed by atoms with Gasteiger partial charge in [-0.2, -0.15) is 0 Å². The van der Waals surface area contributed by atoms with Crippen molar-refractivity contribution in [1.82, 2.24) is 14.5 Å². The number of fused-ring (bicyclic) bond motifs is 1. The van der Waals surface area contributed by atoms with E-state index in [0.717, 1.165) is 23.4 Å². The van der Waals surface area contributed by atoms with Crippen LogP contribution in [-0.4, -0.2) is 54.9 Å². The number of benzene rings is 2. The molecule has 0 amide bonds. The molecule has 0 bridgehead atoms. The van der Waals surface area contributed by atoms with Crippen LogP contribution >= 0.6 is 0 Å². The van der Waals surface area contributed by atoms with Crippen molar-refractivity contribution in [2.45, 2.75) is 19.8 Å². The molecule has 1 saturated heterocycles. The molecule has 4 rings (SSSR count). The Labute approximate surface area is 182 Å². The van der Waals surface area contributed by atoms with Crippen LogP contribution in [0.15, 0.2) is 35.1 Å². The van der Waals surface area contributed by atoms with Gasteiger partial charge in [0, 0.05) is 31.3 Å². The summed E-state index contributed by atoms with van der Waals surface area (Å²) < 4.78 is 18.3. The van der Waals surface area contributed by atoms with E-state index in [1.165, 1.54) is 33.0 Å². The third-order valence-corrected chi connectivity index (χ3v) is 5.87. The van der Waals surface area contributed by atoms with Gasteiger partial charge in [0.15, 0.2) is 0 Å². The summed E-state index contributed by atoms with van der Waals surface area (Å²) in [6.45, 7) is 5.97. The van der Waals surface area contributed by atoms with Crippen molar-refractivity contribution >= 4 is 10.9 Å². The summed E-state index contributed by atoms with van der Waals surface area (Å²) in [5, 5.41) is 0.438. The van der Waals surface area contributed by atoms with Crippen molar-refractivity contribution in [3.8, 4) is 28.6 Å². The van der Waals surface area contributed by atoms with Crippen LogP contribution < -0.4 is 19.8 Å². The molecular formula is C24H29N3O4. The number of aryl methyl sites for hydroxylation is 1. The Bertz CT molecular complexity index is 1150. The minimum absolute atomic E-state index is 0.164. The van der Waals surface area contributed by atoms with E-state index in [0.29, 0.717) is 34.8 Å². The summed E-state index contributed by atoms with van der Waals surface area (Å²) in [6.07, 6.45) is 2.56. The van der Waals surface area contributed by atoms with E-state index in [2.05, 4.69) is 4.90 Å². The van der Waals surface area contributed by atoms with Gasteiger partial charge < -0.3 is 14.2 Å². The Morgan fingerprint density at radius 2 is 1.81 bits per heavy atom. The van der Waals surface area contributed by atoms with Crippen LogP contribution in [0, 0.1) is 6.92 Å². The Balaban J connectivity index is 1.65. The maximum absolute atomic E-state index is 13.1. The number of hydrogen-bond acceptors (Lipinski definition) is 6.